The summed E-state index contributed by atoms with van der Waals surface area (Å²) < 4.78 is 45.0. The van der Waals surface area contributed by atoms with E-state index in [1.807, 2.05) is 0 Å². The van der Waals surface area contributed by atoms with Gasteiger partial charge < -0.3 is 9.84 Å². The Morgan fingerprint density at radius 1 is 0.850 bits per heavy atom. The summed E-state index contributed by atoms with van der Waals surface area (Å²) in [6, 6.07) is 12.2. The molecule has 0 aliphatic carbocycles. The number of hydrogen-bond donors (Lipinski definition) is 1. The van der Waals surface area contributed by atoms with E-state index >= 15 is 0 Å². The largest absolute Gasteiger partial charge is 0.497 e. The quantitative estimate of drug-likeness (QED) is 0.933. The van der Waals surface area contributed by atoms with Crippen molar-refractivity contribution in [2.45, 2.75) is 11.8 Å². The maximum absolute atomic E-state index is 13.4. The minimum atomic E-state index is -4.83. The fourth-order valence-electron chi connectivity index (χ4n) is 2.01. The number of alkyl halides is 3. The summed E-state index contributed by atoms with van der Waals surface area (Å²) in [7, 11) is 1.42. The van der Waals surface area contributed by atoms with Crippen molar-refractivity contribution in [3.05, 3.63) is 65.7 Å². The van der Waals surface area contributed by atoms with Gasteiger partial charge in [-0.2, -0.15) is 13.2 Å². The van der Waals surface area contributed by atoms with E-state index in [0.29, 0.717) is 5.75 Å². The second-order valence-electron chi connectivity index (χ2n) is 4.30. The number of hydrogen-bond acceptors (Lipinski definition) is 2. The van der Waals surface area contributed by atoms with Gasteiger partial charge in [-0.25, -0.2) is 0 Å². The molecule has 2 aromatic carbocycles. The number of benzene rings is 2. The van der Waals surface area contributed by atoms with Gasteiger partial charge in [0.25, 0.3) is 0 Å². The average molecular weight is 282 g/mol. The highest BCUT2D eigenvalue weighted by atomic mass is 19.4. The third-order valence-electron chi connectivity index (χ3n) is 3.11. The second-order valence-corrected chi connectivity index (χ2v) is 4.30. The first-order chi connectivity index (χ1) is 9.39. The molecular formula is C15H13F3O2. The van der Waals surface area contributed by atoms with Gasteiger partial charge >= 0.3 is 6.18 Å². The van der Waals surface area contributed by atoms with Crippen molar-refractivity contribution >= 4 is 0 Å². The molecular weight excluding hydrogens is 269 g/mol. The van der Waals surface area contributed by atoms with Crippen LogP contribution in [0, 0.1) is 0 Å². The zero-order chi connectivity index (χ0) is 14.8. The molecule has 0 aliphatic heterocycles. The second kappa shape index (κ2) is 5.17. The zero-order valence-corrected chi connectivity index (χ0v) is 10.7. The summed E-state index contributed by atoms with van der Waals surface area (Å²) in [5.41, 5.74) is -3.52. The molecule has 0 heterocycles. The van der Waals surface area contributed by atoms with Crippen LogP contribution >= 0.6 is 0 Å². The first-order valence-corrected chi connectivity index (χ1v) is 5.88. The van der Waals surface area contributed by atoms with Crippen LogP contribution in [0.3, 0.4) is 0 Å². The van der Waals surface area contributed by atoms with Gasteiger partial charge in [-0.3, -0.25) is 0 Å². The molecule has 0 amide bonds. The summed E-state index contributed by atoms with van der Waals surface area (Å²) in [6.07, 6.45) is -4.83. The SMILES string of the molecule is COc1ccc([C@@](O)(c2ccccc2)C(F)(F)F)cc1. The van der Waals surface area contributed by atoms with E-state index in [1.54, 1.807) is 6.07 Å². The molecule has 0 radical (unpaired) electrons. The van der Waals surface area contributed by atoms with Crippen LogP contribution in [0.1, 0.15) is 11.1 Å². The number of rotatable bonds is 3. The predicted octanol–water partition coefficient (Wildman–Crippen LogP) is 3.49. The molecule has 0 bridgehead atoms. The fraction of sp³-hybridized carbons (Fsp3) is 0.200. The third-order valence-corrected chi connectivity index (χ3v) is 3.11. The summed E-state index contributed by atoms with van der Waals surface area (Å²) in [5.74, 6) is 0.423. The van der Waals surface area contributed by atoms with Crippen molar-refractivity contribution in [2.75, 3.05) is 7.11 Å². The van der Waals surface area contributed by atoms with E-state index in [-0.39, 0.29) is 11.1 Å². The molecule has 0 fully saturated rings. The maximum Gasteiger partial charge on any atom is 0.425 e. The van der Waals surface area contributed by atoms with Crippen LogP contribution in [-0.4, -0.2) is 18.4 Å². The Morgan fingerprint density at radius 2 is 1.35 bits per heavy atom. The van der Waals surface area contributed by atoms with Crippen molar-refractivity contribution in [1.82, 2.24) is 0 Å². The lowest BCUT2D eigenvalue weighted by Gasteiger charge is -2.31. The molecule has 0 spiro atoms. The highest BCUT2D eigenvalue weighted by molar-refractivity contribution is 5.40. The van der Waals surface area contributed by atoms with Gasteiger partial charge in [0, 0.05) is 0 Å². The van der Waals surface area contributed by atoms with E-state index in [1.165, 1.54) is 55.6 Å². The number of methoxy groups -OCH3 is 1. The zero-order valence-electron chi connectivity index (χ0n) is 10.7. The molecule has 2 nitrogen and oxygen atoms in total. The van der Waals surface area contributed by atoms with E-state index in [4.69, 9.17) is 4.74 Å². The van der Waals surface area contributed by atoms with Gasteiger partial charge in [0.15, 0.2) is 0 Å². The number of halogens is 3. The topological polar surface area (TPSA) is 29.5 Å². The summed E-state index contributed by atoms with van der Waals surface area (Å²) in [5, 5.41) is 10.3. The number of ether oxygens (including phenoxy) is 1. The molecule has 1 N–H and O–H groups in total. The van der Waals surface area contributed by atoms with Gasteiger partial charge in [0.1, 0.15) is 5.75 Å². The lowest BCUT2D eigenvalue weighted by molar-refractivity contribution is -0.248. The summed E-state index contributed by atoms with van der Waals surface area (Å²) >= 11 is 0. The van der Waals surface area contributed by atoms with E-state index in [9.17, 15) is 18.3 Å². The molecule has 2 aromatic rings. The molecule has 0 unspecified atom stereocenters. The highest BCUT2D eigenvalue weighted by Crippen LogP contribution is 2.44. The Hall–Kier alpha value is -2.01. The van der Waals surface area contributed by atoms with Crippen molar-refractivity contribution in [1.29, 1.82) is 0 Å². The monoisotopic (exact) mass is 282 g/mol. The number of aliphatic hydroxyl groups is 1. The standard InChI is InChI=1S/C15H13F3O2/c1-20-13-9-7-12(8-10-13)14(19,15(16,17)18)11-5-3-2-4-6-11/h2-10,19H,1H3/t14-/m0/s1. The molecule has 2 rings (SSSR count). The minimum absolute atomic E-state index is 0.224. The Bertz CT molecular complexity index is 564. The van der Waals surface area contributed by atoms with Crippen LogP contribution in [0.15, 0.2) is 54.6 Å². The molecule has 1 atom stereocenters. The van der Waals surface area contributed by atoms with Crippen LogP contribution in [0.4, 0.5) is 13.2 Å². The van der Waals surface area contributed by atoms with Crippen molar-refractivity contribution < 1.29 is 23.0 Å². The molecule has 0 saturated heterocycles. The molecule has 0 aromatic heterocycles. The summed E-state index contributed by atoms with van der Waals surface area (Å²) in [4.78, 5) is 0. The van der Waals surface area contributed by atoms with E-state index < -0.39 is 11.8 Å². The maximum atomic E-state index is 13.4. The van der Waals surface area contributed by atoms with Gasteiger partial charge in [0.05, 0.1) is 7.11 Å². The molecule has 106 valence electrons. The van der Waals surface area contributed by atoms with Crippen LogP contribution < -0.4 is 4.74 Å². The van der Waals surface area contributed by atoms with Crippen LogP contribution in [0.5, 0.6) is 5.75 Å². The lowest BCUT2D eigenvalue weighted by atomic mass is 9.85. The highest BCUT2D eigenvalue weighted by Gasteiger charge is 2.56. The van der Waals surface area contributed by atoms with E-state index in [0.717, 1.165) is 0 Å². The first-order valence-electron chi connectivity index (χ1n) is 5.88. The van der Waals surface area contributed by atoms with Gasteiger partial charge in [-0.05, 0) is 23.3 Å². The van der Waals surface area contributed by atoms with Gasteiger partial charge in [-0.1, -0.05) is 42.5 Å². The Labute approximate surface area is 114 Å². The molecule has 0 saturated carbocycles. The Kier molecular flexibility index (Phi) is 3.72. The average Bonchev–Trinajstić information content (AvgIpc) is 2.46. The predicted molar refractivity (Wildman–Crippen MR) is 68.5 cm³/mol. The minimum Gasteiger partial charge on any atom is -0.497 e. The van der Waals surface area contributed by atoms with Crippen LogP contribution in [-0.2, 0) is 5.60 Å². The lowest BCUT2D eigenvalue weighted by Crippen LogP contribution is -2.43. The van der Waals surface area contributed by atoms with Crippen molar-refractivity contribution in [3.63, 3.8) is 0 Å². The van der Waals surface area contributed by atoms with Gasteiger partial charge in [0.2, 0.25) is 5.60 Å². The van der Waals surface area contributed by atoms with Crippen molar-refractivity contribution in [2.24, 2.45) is 0 Å². The molecule has 0 aliphatic rings. The molecule has 20 heavy (non-hydrogen) atoms. The Morgan fingerprint density at radius 3 is 1.80 bits per heavy atom. The van der Waals surface area contributed by atoms with Crippen LogP contribution in [0.25, 0.3) is 0 Å². The van der Waals surface area contributed by atoms with Crippen molar-refractivity contribution in [3.8, 4) is 5.75 Å². The normalized spacial score (nSPS) is 14.7. The van der Waals surface area contributed by atoms with Crippen LogP contribution in [0.2, 0.25) is 0 Å². The first kappa shape index (κ1) is 14.4. The smallest absolute Gasteiger partial charge is 0.425 e. The third kappa shape index (κ3) is 2.36. The van der Waals surface area contributed by atoms with Gasteiger partial charge in [-0.15, -0.1) is 0 Å². The fourth-order valence-corrected chi connectivity index (χ4v) is 2.01. The van der Waals surface area contributed by atoms with E-state index in [2.05, 4.69) is 0 Å². The molecule has 5 heteroatoms. The Balaban J connectivity index is 2.58. The summed E-state index contributed by atoms with van der Waals surface area (Å²) in [6.45, 7) is 0.